The van der Waals surface area contributed by atoms with Gasteiger partial charge < -0.3 is 10.8 Å². The Kier molecular flexibility index (Phi) is 4.98. The van der Waals surface area contributed by atoms with E-state index in [0.717, 1.165) is 18.7 Å². The second-order valence-corrected chi connectivity index (χ2v) is 7.39. The number of rotatable bonds is 4. The highest BCUT2D eigenvalue weighted by atomic mass is 79.9. The van der Waals surface area contributed by atoms with Gasteiger partial charge in [-0.1, -0.05) is 28.1 Å². The van der Waals surface area contributed by atoms with E-state index in [-0.39, 0.29) is 5.92 Å². The van der Waals surface area contributed by atoms with Crippen molar-refractivity contribution in [2.75, 3.05) is 6.54 Å². The number of hydrogen-bond donors (Lipinski definition) is 2. The van der Waals surface area contributed by atoms with Crippen LogP contribution in [0.2, 0.25) is 0 Å². The summed E-state index contributed by atoms with van der Waals surface area (Å²) in [5.74, 6) is -0.0898. The van der Waals surface area contributed by atoms with Gasteiger partial charge in [-0.25, -0.2) is 0 Å². The summed E-state index contributed by atoms with van der Waals surface area (Å²) in [6, 6.07) is 11.8. The van der Waals surface area contributed by atoms with Crippen molar-refractivity contribution in [1.29, 1.82) is 0 Å². The monoisotopic (exact) mass is 389 g/mol. The Hall–Kier alpha value is -0.200. The molecule has 2 rings (SSSR count). The lowest BCUT2D eigenvalue weighted by Gasteiger charge is -2.21. The minimum Gasteiger partial charge on any atom is -0.387 e. The zero-order chi connectivity index (χ0) is 13.1. The van der Waals surface area contributed by atoms with E-state index in [1.807, 2.05) is 36.4 Å². The molecular weight excluding hydrogens is 378 g/mol. The summed E-state index contributed by atoms with van der Waals surface area (Å²) in [6.45, 7) is 0.410. The van der Waals surface area contributed by atoms with E-state index >= 15 is 0 Å². The molecule has 0 aliphatic heterocycles. The zero-order valence-electron chi connectivity index (χ0n) is 9.51. The van der Waals surface area contributed by atoms with Crippen LogP contribution in [-0.2, 0) is 0 Å². The molecule has 5 heteroatoms. The highest BCUT2D eigenvalue weighted by molar-refractivity contribution is 9.11. The van der Waals surface area contributed by atoms with Gasteiger partial charge in [0.25, 0.3) is 0 Å². The van der Waals surface area contributed by atoms with Crippen LogP contribution in [0.4, 0.5) is 0 Å². The molecule has 3 N–H and O–H groups in total. The van der Waals surface area contributed by atoms with Gasteiger partial charge in [0.15, 0.2) is 0 Å². The number of benzene rings is 1. The molecule has 2 nitrogen and oxygen atoms in total. The van der Waals surface area contributed by atoms with Crippen molar-refractivity contribution in [3.63, 3.8) is 0 Å². The van der Waals surface area contributed by atoms with Crippen LogP contribution in [0, 0.1) is 0 Å². The van der Waals surface area contributed by atoms with Crippen LogP contribution in [-0.4, -0.2) is 11.7 Å². The van der Waals surface area contributed by atoms with Crippen LogP contribution in [0.1, 0.15) is 22.5 Å². The molecule has 0 saturated heterocycles. The molecule has 0 radical (unpaired) electrons. The number of thiophene rings is 1. The Morgan fingerprint density at radius 1 is 1.22 bits per heavy atom. The minimum atomic E-state index is -0.569. The Morgan fingerprint density at radius 3 is 2.56 bits per heavy atom. The van der Waals surface area contributed by atoms with Crippen molar-refractivity contribution in [1.82, 2.24) is 0 Å². The molecule has 1 heterocycles. The van der Waals surface area contributed by atoms with Crippen LogP contribution in [0.5, 0.6) is 0 Å². The molecule has 0 amide bonds. The van der Waals surface area contributed by atoms with Crippen molar-refractivity contribution in [2.45, 2.75) is 12.0 Å². The third-order valence-electron chi connectivity index (χ3n) is 2.80. The Balaban J connectivity index is 2.28. The topological polar surface area (TPSA) is 46.2 Å². The Morgan fingerprint density at radius 2 is 2.00 bits per heavy atom. The largest absolute Gasteiger partial charge is 0.387 e. The fraction of sp³-hybridized carbons (Fsp3) is 0.231. The molecule has 0 spiro atoms. The number of hydrogen-bond acceptors (Lipinski definition) is 3. The molecule has 2 atom stereocenters. The lowest BCUT2D eigenvalue weighted by Crippen LogP contribution is -2.19. The smallest absolute Gasteiger partial charge is 0.0962 e. The first-order chi connectivity index (χ1) is 8.61. The van der Waals surface area contributed by atoms with E-state index in [2.05, 4.69) is 31.9 Å². The fourth-order valence-electron chi connectivity index (χ4n) is 1.87. The quantitative estimate of drug-likeness (QED) is 0.827. The highest BCUT2D eigenvalue weighted by Gasteiger charge is 2.22. The molecule has 0 saturated carbocycles. The summed E-state index contributed by atoms with van der Waals surface area (Å²) < 4.78 is 2.01. The van der Waals surface area contributed by atoms with Crippen LogP contribution in [0.15, 0.2) is 44.7 Å². The second-order valence-electron chi connectivity index (χ2n) is 3.98. The van der Waals surface area contributed by atoms with Crippen molar-refractivity contribution in [2.24, 2.45) is 5.73 Å². The fourth-order valence-corrected chi connectivity index (χ4v) is 3.76. The molecule has 2 aromatic rings. The minimum absolute atomic E-state index is 0.0898. The van der Waals surface area contributed by atoms with Gasteiger partial charge in [0, 0.05) is 21.8 Å². The van der Waals surface area contributed by atoms with Gasteiger partial charge in [-0.2, -0.15) is 0 Å². The maximum atomic E-state index is 10.4. The summed E-state index contributed by atoms with van der Waals surface area (Å²) in [5.41, 5.74) is 6.86. The van der Waals surface area contributed by atoms with E-state index in [4.69, 9.17) is 5.73 Å². The molecule has 18 heavy (non-hydrogen) atoms. The number of nitrogens with two attached hydrogens (primary N) is 1. The van der Waals surface area contributed by atoms with Crippen molar-refractivity contribution in [3.05, 3.63) is 55.1 Å². The molecule has 0 aliphatic carbocycles. The van der Waals surface area contributed by atoms with Gasteiger partial charge in [-0.3, -0.25) is 0 Å². The molecule has 0 bridgehead atoms. The predicted octanol–water partition coefficient (Wildman–Crippen LogP) is 4.05. The highest BCUT2D eigenvalue weighted by Crippen LogP contribution is 2.36. The van der Waals surface area contributed by atoms with E-state index < -0.39 is 6.10 Å². The summed E-state index contributed by atoms with van der Waals surface area (Å²) >= 11 is 8.39. The second kappa shape index (κ2) is 6.30. The predicted molar refractivity (Wildman–Crippen MR) is 82.9 cm³/mol. The van der Waals surface area contributed by atoms with Gasteiger partial charge in [0.2, 0.25) is 0 Å². The van der Waals surface area contributed by atoms with Gasteiger partial charge in [-0.15, -0.1) is 11.3 Å². The normalized spacial score (nSPS) is 14.4. The summed E-state index contributed by atoms with van der Waals surface area (Å²) in [6.07, 6.45) is -0.569. The lowest BCUT2D eigenvalue weighted by molar-refractivity contribution is 0.151. The van der Waals surface area contributed by atoms with Crippen molar-refractivity contribution >= 4 is 43.2 Å². The SMILES string of the molecule is NCC(c1cccc(Br)c1)C(O)c1ccc(Br)s1. The standard InChI is InChI=1S/C13H13Br2NOS/c14-9-3-1-2-8(6-9)10(7-16)13(17)11-4-5-12(15)18-11/h1-6,10,13,17H,7,16H2. The molecule has 1 aromatic heterocycles. The number of halogens is 2. The first kappa shape index (κ1) is 14.2. The molecule has 0 aliphatic rings. The average molecular weight is 391 g/mol. The first-order valence-electron chi connectivity index (χ1n) is 5.50. The van der Waals surface area contributed by atoms with Crippen LogP contribution in [0.25, 0.3) is 0 Å². The third-order valence-corrected chi connectivity index (χ3v) is 4.98. The maximum absolute atomic E-state index is 10.4. The van der Waals surface area contributed by atoms with E-state index in [1.54, 1.807) is 0 Å². The first-order valence-corrected chi connectivity index (χ1v) is 7.91. The third kappa shape index (κ3) is 3.22. The van der Waals surface area contributed by atoms with Crippen molar-refractivity contribution in [3.8, 4) is 0 Å². The van der Waals surface area contributed by atoms with Gasteiger partial charge in [0.1, 0.15) is 0 Å². The molecule has 96 valence electrons. The van der Waals surface area contributed by atoms with E-state index in [9.17, 15) is 5.11 Å². The Bertz CT molecular complexity index is 529. The van der Waals surface area contributed by atoms with E-state index in [1.165, 1.54) is 11.3 Å². The maximum Gasteiger partial charge on any atom is 0.0962 e. The summed E-state index contributed by atoms with van der Waals surface area (Å²) in [7, 11) is 0. The molecule has 0 fully saturated rings. The van der Waals surface area contributed by atoms with E-state index in [0.29, 0.717) is 6.54 Å². The average Bonchev–Trinajstić information content (AvgIpc) is 2.77. The molecular formula is C13H13Br2NOS. The van der Waals surface area contributed by atoms with Gasteiger partial charge in [-0.05, 0) is 45.8 Å². The molecule has 1 aromatic carbocycles. The van der Waals surface area contributed by atoms with Crippen LogP contribution < -0.4 is 5.73 Å². The number of aliphatic hydroxyl groups is 1. The van der Waals surface area contributed by atoms with Gasteiger partial charge >= 0.3 is 0 Å². The van der Waals surface area contributed by atoms with Crippen LogP contribution in [0.3, 0.4) is 0 Å². The number of aliphatic hydroxyl groups excluding tert-OH is 1. The molecule has 2 unspecified atom stereocenters. The van der Waals surface area contributed by atoms with Crippen molar-refractivity contribution < 1.29 is 5.11 Å². The Labute approximate surface area is 127 Å². The zero-order valence-corrected chi connectivity index (χ0v) is 13.5. The summed E-state index contributed by atoms with van der Waals surface area (Å²) in [5, 5.41) is 10.4. The lowest BCUT2D eigenvalue weighted by atomic mass is 9.92. The van der Waals surface area contributed by atoms with Gasteiger partial charge in [0.05, 0.1) is 9.89 Å². The summed E-state index contributed by atoms with van der Waals surface area (Å²) in [4.78, 5) is 0.928. The van der Waals surface area contributed by atoms with Crippen LogP contribution >= 0.6 is 43.2 Å².